The number of hydrogen-bond donors (Lipinski definition) is 1. The third kappa shape index (κ3) is 1.46. The van der Waals surface area contributed by atoms with Crippen LogP contribution in [0.15, 0.2) is 10.1 Å². The highest BCUT2D eigenvalue weighted by molar-refractivity contribution is 6.17. The minimum atomic E-state index is -1.62. The number of fused-ring (bicyclic) bond motifs is 1. The van der Waals surface area contributed by atoms with Crippen LogP contribution in [0.2, 0.25) is 0 Å². The molecule has 2 rings (SSSR count). The van der Waals surface area contributed by atoms with Crippen LogP contribution < -0.4 is 5.73 Å². The Morgan fingerprint density at radius 1 is 1.32 bits per heavy atom. The largest absolute Gasteiger partial charge is 0.386 e. The van der Waals surface area contributed by atoms with Crippen LogP contribution in [0.4, 0.5) is 0 Å². The smallest absolute Gasteiger partial charge is 0.292 e. The van der Waals surface area contributed by atoms with Gasteiger partial charge in [-0.05, 0) is 12.3 Å². The fraction of sp³-hybridized carbons (Fsp3) is 0.714. The summed E-state index contributed by atoms with van der Waals surface area (Å²) in [5, 5.41) is 25.9. The van der Waals surface area contributed by atoms with Crippen molar-refractivity contribution in [3.63, 3.8) is 0 Å². The molecule has 0 amide bonds. The molecule has 1 saturated carbocycles. The molecule has 0 aromatic heterocycles. The molecule has 0 aromatic rings. The van der Waals surface area contributed by atoms with Crippen LogP contribution in [-0.2, 0) is 9.47 Å². The van der Waals surface area contributed by atoms with E-state index < -0.39 is 16.7 Å². The van der Waals surface area contributed by atoms with E-state index in [9.17, 15) is 10.5 Å². The van der Waals surface area contributed by atoms with Gasteiger partial charge in [-0.1, -0.05) is 6.92 Å². The summed E-state index contributed by atoms with van der Waals surface area (Å²) in [6.45, 7) is 1.86. The SMILES string of the molecule is COC1(OC)N=C(N)[C@]2(C#N)/C(=N\N(C)C)C[C@H](C)[C@@]12C#N. The highest BCUT2D eigenvalue weighted by atomic mass is 16.7. The van der Waals surface area contributed by atoms with Crippen molar-refractivity contribution in [2.24, 2.45) is 32.6 Å². The van der Waals surface area contributed by atoms with Gasteiger partial charge in [-0.25, -0.2) is 4.99 Å². The molecule has 1 fully saturated rings. The number of ether oxygens (including phenoxy) is 2. The Kier molecular flexibility index (Phi) is 3.64. The first-order valence-corrected chi connectivity index (χ1v) is 6.85. The van der Waals surface area contributed by atoms with Gasteiger partial charge in [0.05, 0.1) is 17.9 Å². The monoisotopic (exact) mass is 304 g/mol. The molecule has 1 heterocycles. The molecule has 118 valence electrons. The Balaban J connectivity index is 2.86. The summed E-state index contributed by atoms with van der Waals surface area (Å²) in [6.07, 6.45) is 0.435. The van der Waals surface area contributed by atoms with E-state index in [-0.39, 0.29) is 11.8 Å². The lowest BCUT2D eigenvalue weighted by atomic mass is 9.62. The number of rotatable bonds is 3. The third-order valence-electron chi connectivity index (χ3n) is 4.63. The Labute approximate surface area is 129 Å². The van der Waals surface area contributed by atoms with Crippen LogP contribution in [0, 0.1) is 39.4 Å². The first-order chi connectivity index (χ1) is 10.3. The van der Waals surface area contributed by atoms with Crippen molar-refractivity contribution in [2.45, 2.75) is 19.3 Å². The maximum atomic E-state index is 10.0. The van der Waals surface area contributed by atoms with E-state index in [1.807, 2.05) is 6.92 Å². The van der Waals surface area contributed by atoms with E-state index in [4.69, 9.17) is 15.2 Å². The molecule has 1 aliphatic carbocycles. The molecule has 0 spiro atoms. The molecule has 0 saturated heterocycles. The zero-order valence-electron chi connectivity index (χ0n) is 13.4. The van der Waals surface area contributed by atoms with Gasteiger partial charge in [-0.2, -0.15) is 15.6 Å². The topological polar surface area (TPSA) is 120 Å². The fourth-order valence-corrected chi connectivity index (χ4v) is 3.75. The summed E-state index contributed by atoms with van der Waals surface area (Å²) in [5.41, 5.74) is 3.75. The van der Waals surface area contributed by atoms with Crippen LogP contribution >= 0.6 is 0 Å². The Hall–Kier alpha value is -2.16. The molecule has 2 aliphatic rings. The average molecular weight is 304 g/mol. The lowest BCUT2D eigenvalue weighted by Crippen LogP contribution is -2.57. The lowest BCUT2D eigenvalue weighted by molar-refractivity contribution is -0.263. The number of methoxy groups -OCH3 is 2. The Bertz CT molecular complexity index is 624. The predicted octanol–water partition coefficient (Wildman–Crippen LogP) is 0.281. The third-order valence-corrected chi connectivity index (χ3v) is 4.63. The van der Waals surface area contributed by atoms with Crippen molar-refractivity contribution in [1.29, 1.82) is 10.5 Å². The molecule has 0 unspecified atom stereocenters. The molecule has 2 N–H and O–H groups in total. The van der Waals surface area contributed by atoms with Crippen LogP contribution in [0.3, 0.4) is 0 Å². The molecule has 8 nitrogen and oxygen atoms in total. The van der Waals surface area contributed by atoms with Gasteiger partial charge >= 0.3 is 0 Å². The van der Waals surface area contributed by atoms with E-state index >= 15 is 0 Å². The van der Waals surface area contributed by atoms with E-state index in [1.165, 1.54) is 14.2 Å². The first-order valence-electron chi connectivity index (χ1n) is 6.85. The van der Waals surface area contributed by atoms with Crippen molar-refractivity contribution in [3.05, 3.63) is 0 Å². The fourth-order valence-electron chi connectivity index (χ4n) is 3.75. The molecular weight excluding hydrogens is 284 g/mol. The van der Waals surface area contributed by atoms with Gasteiger partial charge in [0.25, 0.3) is 5.91 Å². The van der Waals surface area contributed by atoms with Crippen molar-refractivity contribution in [2.75, 3.05) is 28.3 Å². The van der Waals surface area contributed by atoms with Crippen molar-refractivity contribution >= 4 is 11.5 Å². The highest BCUT2D eigenvalue weighted by Gasteiger charge is 2.80. The van der Waals surface area contributed by atoms with Crippen molar-refractivity contribution in [1.82, 2.24) is 5.01 Å². The van der Waals surface area contributed by atoms with Gasteiger partial charge in [0, 0.05) is 28.3 Å². The number of nitriles is 2. The van der Waals surface area contributed by atoms with Crippen LogP contribution in [0.25, 0.3) is 0 Å². The summed E-state index contributed by atoms with van der Waals surface area (Å²) >= 11 is 0. The number of amidine groups is 1. The number of aliphatic imine (C=N–C) groups is 1. The minimum absolute atomic E-state index is 0.00481. The van der Waals surface area contributed by atoms with E-state index in [1.54, 1.807) is 19.1 Å². The van der Waals surface area contributed by atoms with E-state index in [0.717, 1.165) is 0 Å². The number of hydrazone groups is 1. The van der Waals surface area contributed by atoms with Gasteiger partial charge < -0.3 is 20.2 Å². The number of nitrogens with two attached hydrogens (primary N) is 1. The summed E-state index contributed by atoms with van der Waals surface area (Å²) in [5.74, 6) is -1.89. The second-order valence-electron chi connectivity index (χ2n) is 5.77. The summed E-state index contributed by atoms with van der Waals surface area (Å²) in [7, 11) is 6.27. The van der Waals surface area contributed by atoms with Crippen LogP contribution in [-0.4, -0.2) is 50.8 Å². The van der Waals surface area contributed by atoms with Crippen molar-refractivity contribution in [3.8, 4) is 12.1 Å². The normalized spacial score (nSPS) is 37.3. The second kappa shape index (κ2) is 4.94. The number of nitrogens with zero attached hydrogens (tertiary/aromatic N) is 5. The molecule has 0 aromatic carbocycles. The zero-order chi connectivity index (χ0) is 16.8. The standard InChI is InChI=1S/C14H20N6O2/c1-9-6-10(19-20(2)3)12(7-15)11(17)18-14(21-4,22-5)13(9,12)8-16/h9H,6H2,1-5H3,(H2,17,18)/b19-10-/t9-,12-,13+/m0/s1. The maximum Gasteiger partial charge on any atom is 0.292 e. The molecule has 22 heavy (non-hydrogen) atoms. The average Bonchev–Trinajstić information content (AvgIpc) is 2.86. The van der Waals surface area contributed by atoms with E-state index in [2.05, 4.69) is 22.2 Å². The predicted molar refractivity (Wildman–Crippen MR) is 79.4 cm³/mol. The Morgan fingerprint density at radius 2 is 1.91 bits per heavy atom. The minimum Gasteiger partial charge on any atom is -0.386 e. The summed E-state index contributed by atoms with van der Waals surface area (Å²) < 4.78 is 10.9. The van der Waals surface area contributed by atoms with Gasteiger partial charge in [0.1, 0.15) is 5.84 Å². The van der Waals surface area contributed by atoms with Crippen LogP contribution in [0.1, 0.15) is 13.3 Å². The quantitative estimate of drug-likeness (QED) is 0.590. The van der Waals surface area contributed by atoms with Crippen molar-refractivity contribution < 1.29 is 9.47 Å². The molecule has 0 radical (unpaired) electrons. The lowest BCUT2D eigenvalue weighted by Gasteiger charge is -2.41. The molecular formula is C14H20N6O2. The van der Waals surface area contributed by atoms with Gasteiger partial charge in [0.15, 0.2) is 10.8 Å². The van der Waals surface area contributed by atoms with Crippen LogP contribution in [0.5, 0.6) is 0 Å². The molecule has 1 aliphatic heterocycles. The molecule has 3 atom stereocenters. The second-order valence-corrected chi connectivity index (χ2v) is 5.77. The van der Waals surface area contributed by atoms with Gasteiger partial charge in [0.2, 0.25) is 0 Å². The first kappa shape index (κ1) is 16.2. The van der Waals surface area contributed by atoms with Gasteiger partial charge in [-0.3, -0.25) is 0 Å². The highest BCUT2D eigenvalue weighted by Crippen LogP contribution is 2.64. The molecule has 8 heteroatoms. The summed E-state index contributed by atoms with van der Waals surface area (Å²) in [6, 6.07) is 4.44. The summed E-state index contributed by atoms with van der Waals surface area (Å²) in [4.78, 5) is 4.24. The zero-order valence-corrected chi connectivity index (χ0v) is 13.4. The maximum absolute atomic E-state index is 10.0. The Morgan fingerprint density at radius 3 is 2.32 bits per heavy atom. The van der Waals surface area contributed by atoms with E-state index in [0.29, 0.717) is 12.1 Å². The number of hydrogen-bond acceptors (Lipinski definition) is 8. The van der Waals surface area contributed by atoms with Gasteiger partial charge in [-0.15, -0.1) is 0 Å². The molecule has 0 bridgehead atoms.